The van der Waals surface area contributed by atoms with Gasteiger partial charge in [0, 0.05) is 12.4 Å². The topological polar surface area (TPSA) is 32.6 Å². The molecule has 2 nitrogen and oxygen atoms in total. The summed E-state index contributed by atoms with van der Waals surface area (Å²) in [5.74, 6) is 0. The van der Waals surface area contributed by atoms with Crippen LogP contribution in [0.5, 0.6) is 0 Å². The summed E-state index contributed by atoms with van der Waals surface area (Å²) in [7, 11) is 0. The van der Waals surface area contributed by atoms with Gasteiger partial charge in [0.15, 0.2) is 0 Å². The number of aliphatic hydroxyl groups is 1. The Balaban J connectivity index is 3.57. The Morgan fingerprint density at radius 1 is 1.78 bits per heavy atom. The van der Waals surface area contributed by atoms with Crippen molar-refractivity contribution in [3.05, 3.63) is 24.4 Å². The maximum absolute atomic E-state index is 8.43. The first-order chi connectivity index (χ1) is 4.31. The Morgan fingerprint density at radius 3 is 2.89 bits per heavy atom. The summed E-state index contributed by atoms with van der Waals surface area (Å²) in [4.78, 5) is 3.78. The fourth-order valence-electron chi connectivity index (χ4n) is 0.287. The Kier molecular flexibility index (Phi) is 4.73. The van der Waals surface area contributed by atoms with Crippen molar-refractivity contribution >= 4 is 6.21 Å². The van der Waals surface area contributed by atoms with Gasteiger partial charge in [-0.2, -0.15) is 0 Å². The van der Waals surface area contributed by atoms with E-state index in [1.165, 1.54) is 0 Å². The van der Waals surface area contributed by atoms with E-state index in [-0.39, 0.29) is 6.61 Å². The predicted molar refractivity (Wildman–Crippen MR) is 39.5 cm³/mol. The summed E-state index contributed by atoms with van der Waals surface area (Å²) in [5.41, 5.74) is 0.667. The lowest BCUT2D eigenvalue weighted by Crippen LogP contribution is -1.80. The number of rotatable bonds is 3. The number of hydrogen-bond donors (Lipinski definition) is 1. The number of hydrogen-bond acceptors (Lipinski definition) is 2. The molecule has 0 heterocycles. The van der Waals surface area contributed by atoms with E-state index in [1.807, 2.05) is 6.92 Å². The molecule has 0 unspecified atom stereocenters. The molecular weight excluding hydrogens is 114 g/mol. The lowest BCUT2D eigenvalue weighted by Gasteiger charge is -1.86. The lowest BCUT2D eigenvalue weighted by molar-refractivity contribution is 0.335. The second kappa shape index (κ2) is 5.25. The minimum atomic E-state index is -0.00423. The van der Waals surface area contributed by atoms with E-state index in [1.54, 1.807) is 18.5 Å². The largest absolute Gasteiger partial charge is 0.392 e. The molecule has 0 amide bonds. The lowest BCUT2D eigenvalue weighted by atomic mass is 10.3. The van der Waals surface area contributed by atoms with Gasteiger partial charge in [0.1, 0.15) is 0 Å². The molecule has 50 valence electrons. The molecule has 0 aromatic rings. The van der Waals surface area contributed by atoms with Crippen LogP contribution in [0.3, 0.4) is 0 Å². The van der Waals surface area contributed by atoms with Gasteiger partial charge >= 0.3 is 0 Å². The summed E-state index contributed by atoms with van der Waals surface area (Å²) < 4.78 is 0. The van der Waals surface area contributed by atoms with Crippen molar-refractivity contribution in [2.24, 2.45) is 4.99 Å². The molecule has 0 radical (unpaired) electrons. The monoisotopic (exact) mass is 125 g/mol. The highest BCUT2D eigenvalue weighted by atomic mass is 16.3. The van der Waals surface area contributed by atoms with Crippen LogP contribution in [-0.2, 0) is 0 Å². The number of aliphatic hydroxyl groups excluding tert-OH is 1. The van der Waals surface area contributed by atoms with Crippen LogP contribution in [-0.4, -0.2) is 17.9 Å². The smallest absolute Gasteiger partial charge is 0.0676 e. The standard InChI is InChI=1S/C7H11NO/c1-3-8-5-4-7(2)6-9/h3-5,9H,2,6H2,1H3/b5-4-,8-3?. The quantitative estimate of drug-likeness (QED) is 0.445. The van der Waals surface area contributed by atoms with Gasteiger partial charge in [-0.05, 0) is 18.6 Å². The van der Waals surface area contributed by atoms with Crippen molar-refractivity contribution in [2.75, 3.05) is 6.61 Å². The summed E-state index contributed by atoms with van der Waals surface area (Å²) in [5, 5.41) is 8.43. The molecule has 0 aliphatic heterocycles. The van der Waals surface area contributed by atoms with Crippen LogP contribution in [0.25, 0.3) is 0 Å². The Morgan fingerprint density at radius 2 is 2.44 bits per heavy atom. The average Bonchev–Trinajstić information content (AvgIpc) is 1.89. The average molecular weight is 125 g/mol. The van der Waals surface area contributed by atoms with Crippen molar-refractivity contribution in [1.82, 2.24) is 0 Å². The third-order valence-electron chi connectivity index (χ3n) is 0.748. The highest BCUT2D eigenvalue weighted by molar-refractivity contribution is 5.54. The van der Waals surface area contributed by atoms with Crippen LogP contribution in [0.2, 0.25) is 0 Å². The maximum Gasteiger partial charge on any atom is 0.0676 e. The summed E-state index contributed by atoms with van der Waals surface area (Å²) in [6.07, 6.45) is 4.93. The fourth-order valence-corrected chi connectivity index (χ4v) is 0.287. The number of aliphatic imine (C=N–C) groups is 1. The fraction of sp³-hybridized carbons (Fsp3) is 0.286. The molecule has 0 aromatic carbocycles. The van der Waals surface area contributed by atoms with E-state index in [0.29, 0.717) is 5.57 Å². The zero-order chi connectivity index (χ0) is 7.11. The van der Waals surface area contributed by atoms with E-state index >= 15 is 0 Å². The third kappa shape index (κ3) is 4.97. The van der Waals surface area contributed by atoms with E-state index in [4.69, 9.17) is 5.11 Å². The Bertz CT molecular complexity index is 136. The molecule has 0 aliphatic carbocycles. The van der Waals surface area contributed by atoms with Crippen molar-refractivity contribution < 1.29 is 5.11 Å². The predicted octanol–water partition coefficient (Wildman–Crippen LogP) is 1.14. The molecule has 9 heavy (non-hydrogen) atoms. The van der Waals surface area contributed by atoms with Crippen molar-refractivity contribution in [3.8, 4) is 0 Å². The molecule has 0 aromatic heterocycles. The van der Waals surface area contributed by atoms with Crippen molar-refractivity contribution in [3.63, 3.8) is 0 Å². The van der Waals surface area contributed by atoms with E-state index in [2.05, 4.69) is 11.6 Å². The molecule has 0 saturated heterocycles. The molecule has 0 atom stereocenters. The molecule has 0 aliphatic rings. The molecule has 0 spiro atoms. The van der Waals surface area contributed by atoms with Crippen LogP contribution in [0.15, 0.2) is 29.4 Å². The minimum Gasteiger partial charge on any atom is -0.392 e. The van der Waals surface area contributed by atoms with Crippen LogP contribution >= 0.6 is 0 Å². The van der Waals surface area contributed by atoms with Gasteiger partial charge in [0.25, 0.3) is 0 Å². The first-order valence-corrected chi connectivity index (χ1v) is 2.74. The molecule has 0 bridgehead atoms. The van der Waals surface area contributed by atoms with Gasteiger partial charge in [-0.15, -0.1) is 0 Å². The minimum absolute atomic E-state index is 0.00423. The zero-order valence-corrected chi connectivity index (χ0v) is 5.54. The first kappa shape index (κ1) is 8.11. The number of nitrogens with zero attached hydrogens (tertiary/aromatic N) is 1. The zero-order valence-electron chi connectivity index (χ0n) is 5.54. The molecule has 2 heteroatoms. The highest BCUT2D eigenvalue weighted by Crippen LogP contribution is 1.88. The Hall–Kier alpha value is -0.890. The van der Waals surface area contributed by atoms with Crippen LogP contribution < -0.4 is 0 Å². The van der Waals surface area contributed by atoms with E-state index in [9.17, 15) is 0 Å². The van der Waals surface area contributed by atoms with E-state index in [0.717, 1.165) is 0 Å². The highest BCUT2D eigenvalue weighted by Gasteiger charge is 1.78. The Labute approximate surface area is 55.2 Å². The van der Waals surface area contributed by atoms with Crippen LogP contribution in [0.1, 0.15) is 6.92 Å². The van der Waals surface area contributed by atoms with Gasteiger partial charge in [0.05, 0.1) is 6.61 Å². The molecule has 1 N–H and O–H groups in total. The van der Waals surface area contributed by atoms with Crippen LogP contribution in [0, 0.1) is 0 Å². The van der Waals surface area contributed by atoms with Crippen molar-refractivity contribution in [2.45, 2.75) is 6.92 Å². The first-order valence-electron chi connectivity index (χ1n) is 2.74. The molecule has 0 fully saturated rings. The summed E-state index contributed by atoms with van der Waals surface area (Å²) >= 11 is 0. The third-order valence-corrected chi connectivity index (χ3v) is 0.748. The normalized spacial score (nSPS) is 11.3. The van der Waals surface area contributed by atoms with Gasteiger partial charge < -0.3 is 5.11 Å². The van der Waals surface area contributed by atoms with Gasteiger partial charge in [0.2, 0.25) is 0 Å². The molecular formula is C7H11NO. The van der Waals surface area contributed by atoms with Gasteiger partial charge in [-0.25, -0.2) is 0 Å². The van der Waals surface area contributed by atoms with E-state index < -0.39 is 0 Å². The van der Waals surface area contributed by atoms with Crippen LogP contribution in [0.4, 0.5) is 0 Å². The molecule has 0 saturated carbocycles. The van der Waals surface area contributed by atoms with Gasteiger partial charge in [-0.3, -0.25) is 4.99 Å². The molecule has 0 rings (SSSR count). The van der Waals surface area contributed by atoms with Gasteiger partial charge in [-0.1, -0.05) is 6.58 Å². The second-order valence-electron chi connectivity index (χ2n) is 1.54. The maximum atomic E-state index is 8.43. The summed E-state index contributed by atoms with van der Waals surface area (Å²) in [6.45, 7) is 5.36. The summed E-state index contributed by atoms with van der Waals surface area (Å²) in [6, 6.07) is 0. The second-order valence-corrected chi connectivity index (χ2v) is 1.54. The van der Waals surface area contributed by atoms with Crippen molar-refractivity contribution in [1.29, 1.82) is 0 Å². The SMILES string of the molecule is C=C(/C=C\N=CC)CO.